The zero-order valence-electron chi connectivity index (χ0n) is 11.7. The number of pyridine rings is 1. The highest BCUT2D eigenvalue weighted by Crippen LogP contribution is 2.18. The molecular weight excluding hydrogens is 316 g/mol. The number of alkyl halides is 1. The number of halogens is 1. The molecular formula is C16H19BrN2O. The van der Waals surface area contributed by atoms with Crippen molar-refractivity contribution in [2.45, 2.75) is 19.8 Å². The van der Waals surface area contributed by atoms with E-state index >= 15 is 0 Å². The largest absolute Gasteiger partial charge is 0.336 e. The van der Waals surface area contributed by atoms with Gasteiger partial charge < -0.3 is 4.90 Å². The number of benzene rings is 1. The molecule has 2 rings (SSSR count). The van der Waals surface area contributed by atoms with Crippen LogP contribution in [0.3, 0.4) is 0 Å². The van der Waals surface area contributed by atoms with Gasteiger partial charge in [0.1, 0.15) is 5.69 Å². The van der Waals surface area contributed by atoms with Gasteiger partial charge in [0.2, 0.25) is 0 Å². The van der Waals surface area contributed by atoms with Crippen molar-refractivity contribution in [1.82, 2.24) is 9.88 Å². The number of nitrogens with zero attached hydrogens (tertiary/aromatic N) is 2. The third kappa shape index (κ3) is 3.37. The summed E-state index contributed by atoms with van der Waals surface area (Å²) in [5.74, 6) is 0.0229. The van der Waals surface area contributed by atoms with Crippen molar-refractivity contribution in [2.75, 3.05) is 18.4 Å². The number of aromatic nitrogens is 1. The van der Waals surface area contributed by atoms with Gasteiger partial charge in [0.05, 0.1) is 0 Å². The Morgan fingerprint density at radius 3 is 2.80 bits per heavy atom. The monoisotopic (exact) mass is 334 g/mol. The van der Waals surface area contributed by atoms with Gasteiger partial charge >= 0.3 is 0 Å². The summed E-state index contributed by atoms with van der Waals surface area (Å²) in [6, 6.07) is 9.83. The summed E-state index contributed by atoms with van der Waals surface area (Å²) in [6.45, 7) is 3.63. The molecule has 0 atom stereocenters. The van der Waals surface area contributed by atoms with Crippen LogP contribution < -0.4 is 0 Å². The molecule has 0 fully saturated rings. The Labute approximate surface area is 128 Å². The van der Waals surface area contributed by atoms with E-state index in [2.05, 4.69) is 27.8 Å². The molecule has 0 radical (unpaired) electrons. The lowest BCUT2D eigenvalue weighted by Crippen LogP contribution is -2.34. The van der Waals surface area contributed by atoms with Gasteiger partial charge in [-0.1, -0.05) is 53.5 Å². The summed E-state index contributed by atoms with van der Waals surface area (Å²) in [7, 11) is 0. The molecule has 3 nitrogen and oxygen atoms in total. The highest BCUT2D eigenvalue weighted by Gasteiger charge is 2.18. The van der Waals surface area contributed by atoms with Gasteiger partial charge in [-0.3, -0.25) is 9.78 Å². The zero-order valence-corrected chi connectivity index (χ0v) is 13.3. The van der Waals surface area contributed by atoms with Gasteiger partial charge in [0.25, 0.3) is 5.91 Å². The average Bonchev–Trinajstić information content (AvgIpc) is 2.50. The number of carbonyl (C=O) groups is 1. The molecule has 0 unspecified atom stereocenters. The van der Waals surface area contributed by atoms with Crippen LogP contribution >= 0.6 is 15.9 Å². The quantitative estimate of drug-likeness (QED) is 0.751. The molecule has 0 saturated heterocycles. The molecule has 20 heavy (non-hydrogen) atoms. The van der Waals surface area contributed by atoms with Crippen molar-refractivity contribution in [3.8, 4) is 0 Å². The van der Waals surface area contributed by atoms with Crippen LogP contribution in [0.2, 0.25) is 0 Å². The number of amides is 1. The molecule has 0 spiro atoms. The first-order valence-corrected chi connectivity index (χ1v) is 8.09. The SMILES string of the molecule is CCCCN(CCBr)C(=O)c1nccc2ccccc12. The second kappa shape index (κ2) is 7.39. The van der Waals surface area contributed by atoms with Crippen LogP contribution in [0.25, 0.3) is 10.8 Å². The Hall–Kier alpha value is -1.42. The second-order valence-electron chi connectivity index (χ2n) is 4.72. The number of carbonyl (C=O) groups excluding carboxylic acids is 1. The van der Waals surface area contributed by atoms with Gasteiger partial charge in [-0.2, -0.15) is 0 Å². The van der Waals surface area contributed by atoms with Crippen LogP contribution in [0.4, 0.5) is 0 Å². The van der Waals surface area contributed by atoms with Crippen molar-refractivity contribution in [2.24, 2.45) is 0 Å². The molecule has 0 aliphatic carbocycles. The van der Waals surface area contributed by atoms with Crippen molar-refractivity contribution in [3.05, 3.63) is 42.2 Å². The Morgan fingerprint density at radius 1 is 1.25 bits per heavy atom. The summed E-state index contributed by atoms with van der Waals surface area (Å²) in [5, 5.41) is 2.77. The van der Waals surface area contributed by atoms with E-state index in [9.17, 15) is 4.79 Å². The maximum absolute atomic E-state index is 12.7. The summed E-state index contributed by atoms with van der Waals surface area (Å²) >= 11 is 3.42. The molecule has 0 aliphatic rings. The molecule has 1 amide bonds. The third-order valence-electron chi connectivity index (χ3n) is 3.30. The van der Waals surface area contributed by atoms with Crippen molar-refractivity contribution < 1.29 is 4.79 Å². The predicted molar refractivity (Wildman–Crippen MR) is 86.3 cm³/mol. The number of rotatable bonds is 6. The summed E-state index contributed by atoms with van der Waals surface area (Å²) < 4.78 is 0. The fraction of sp³-hybridized carbons (Fsp3) is 0.375. The van der Waals surface area contributed by atoms with Gasteiger partial charge in [-0.25, -0.2) is 0 Å². The van der Waals surface area contributed by atoms with E-state index in [1.807, 2.05) is 35.2 Å². The minimum atomic E-state index is 0.0229. The minimum Gasteiger partial charge on any atom is -0.336 e. The molecule has 0 saturated carbocycles. The maximum atomic E-state index is 12.7. The number of unbranched alkanes of at least 4 members (excludes halogenated alkanes) is 1. The fourth-order valence-corrected chi connectivity index (χ4v) is 2.63. The maximum Gasteiger partial charge on any atom is 0.273 e. The molecule has 0 bridgehead atoms. The first kappa shape index (κ1) is 15.0. The number of fused-ring (bicyclic) bond motifs is 1. The van der Waals surface area contributed by atoms with Gasteiger partial charge in [0.15, 0.2) is 0 Å². The van der Waals surface area contributed by atoms with E-state index in [0.29, 0.717) is 12.2 Å². The van der Waals surface area contributed by atoms with Crippen LogP contribution in [-0.4, -0.2) is 34.2 Å². The highest BCUT2D eigenvalue weighted by atomic mass is 79.9. The summed E-state index contributed by atoms with van der Waals surface area (Å²) in [6.07, 6.45) is 3.81. The Bertz CT molecular complexity index is 580. The van der Waals surface area contributed by atoms with Crippen LogP contribution in [0.15, 0.2) is 36.5 Å². The molecule has 4 heteroatoms. The Balaban J connectivity index is 2.33. The van der Waals surface area contributed by atoms with Crippen LogP contribution in [0.5, 0.6) is 0 Å². The predicted octanol–water partition coefficient (Wildman–Crippen LogP) is 3.87. The van der Waals surface area contributed by atoms with Crippen molar-refractivity contribution >= 4 is 32.6 Å². The minimum absolute atomic E-state index is 0.0229. The van der Waals surface area contributed by atoms with Crippen LogP contribution in [-0.2, 0) is 0 Å². The first-order valence-electron chi connectivity index (χ1n) is 6.97. The van der Waals surface area contributed by atoms with Gasteiger partial charge in [-0.05, 0) is 17.9 Å². The highest BCUT2D eigenvalue weighted by molar-refractivity contribution is 9.09. The van der Waals surface area contributed by atoms with E-state index in [4.69, 9.17) is 0 Å². The molecule has 106 valence electrons. The van der Waals surface area contributed by atoms with E-state index in [0.717, 1.165) is 35.5 Å². The number of hydrogen-bond acceptors (Lipinski definition) is 2. The van der Waals surface area contributed by atoms with E-state index in [-0.39, 0.29) is 5.91 Å². The lowest BCUT2D eigenvalue weighted by Gasteiger charge is -2.21. The van der Waals surface area contributed by atoms with Crippen molar-refractivity contribution in [3.63, 3.8) is 0 Å². The van der Waals surface area contributed by atoms with Gasteiger partial charge in [-0.15, -0.1) is 0 Å². The molecule has 1 heterocycles. The normalized spacial score (nSPS) is 10.7. The summed E-state index contributed by atoms with van der Waals surface area (Å²) in [4.78, 5) is 18.9. The zero-order chi connectivity index (χ0) is 14.4. The standard InChI is InChI=1S/C16H19BrN2O/c1-2-3-11-19(12-9-17)16(20)15-14-7-5-4-6-13(14)8-10-18-15/h4-8,10H,2-3,9,11-12H2,1H3. The molecule has 1 aromatic heterocycles. The van der Waals surface area contributed by atoms with Crippen LogP contribution in [0.1, 0.15) is 30.3 Å². The van der Waals surface area contributed by atoms with Gasteiger partial charge in [0, 0.05) is 30.0 Å². The van der Waals surface area contributed by atoms with Crippen LogP contribution in [0, 0.1) is 0 Å². The molecule has 0 aliphatic heterocycles. The first-order chi connectivity index (χ1) is 9.77. The fourth-order valence-electron chi connectivity index (χ4n) is 2.21. The van der Waals surface area contributed by atoms with E-state index in [1.165, 1.54) is 0 Å². The topological polar surface area (TPSA) is 33.2 Å². The lowest BCUT2D eigenvalue weighted by atomic mass is 10.1. The molecule has 0 N–H and O–H groups in total. The summed E-state index contributed by atoms with van der Waals surface area (Å²) in [5.41, 5.74) is 0.556. The van der Waals surface area contributed by atoms with E-state index < -0.39 is 0 Å². The average molecular weight is 335 g/mol. The van der Waals surface area contributed by atoms with E-state index in [1.54, 1.807) is 6.20 Å². The van der Waals surface area contributed by atoms with Crippen molar-refractivity contribution in [1.29, 1.82) is 0 Å². The smallest absolute Gasteiger partial charge is 0.273 e. The lowest BCUT2D eigenvalue weighted by molar-refractivity contribution is 0.0760. The Morgan fingerprint density at radius 2 is 2.05 bits per heavy atom. The molecule has 2 aromatic rings. The Kier molecular flexibility index (Phi) is 5.53. The second-order valence-corrected chi connectivity index (χ2v) is 5.51. The number of hydrogen-bond donors (Lipinski definition) is 0. The molecule has 1 aromatic carbocycles. The third-order valence-corrected chi connectivity index (χ3v) is 3.65.